The lowest BCUT2D eigenvalue weighted by Gasteiger charge is -2.04. The van der Waals surface area contributed by atoms with Gasteiger partial charge in [-0.25, -0.2) is 15.0 Å². The average molecular weight is 206 g/mol. The summed E-state index contributed by atoms with van der Waals surface area (Å²) in [6, 6.07) is 1.29. The van der Waals surface area contributed by atoms with Crippen LogP contribution in [0.3, 0.4) is 0 Å². The van der Waals surface area contributed by atoms with E-state index in [0.29, 0.717) is 5.82 Å². The van der Waals surface area contributed by atoms with Crippen LogP contribution in [0.15, 0.2) is 24.8 Å². The van der Waals surface area contributed by atoms with Gasteiger partial charge in [0.2, 0.25) is 5.95 Å². The van der Waals surface area contributed by atoms with Gasteiger partial charge >= 0.3 is 0 Å². The normalized spacial score (nSPS) is 10.5. The van der Waals surface area contributed by atoms with Crippen molar-refractivity contribution in [2.75, 3.05) is 0 Å². The summed E-state index contributed by atoms with van der Waals surface area (Å²) < 4.78 is 14.7. The van der Waals surface area contributed by atoms with Crippen LogP contribution in [0.5, 0.6) is 0 Å². The first-order chi connectivity index (χ1) is 7.31. The standard InChI is InChI=1S/C10H11FN4/c1-2-3-9-12-4-5-15(9)10-6-8(11)13-7-14-10/h4-7H,2-3H2,1H3. The maximum absolute atomic E-state index is 12.9. The fourth-order valence-corrected chi connectivity index (χ4v) is 1.41. The summed E-state index contributed by atoms with van der Waals surface area (Å²) in [5.74, 6) is 0.871. The van der Waals surface area contributed by atoms with E-state index in [1.54, 1.807) is 17.0 Å². The molecule has 0 unspecified atom stereocenters. The Hall–Kier alpha value is -1.78. The molecule has 2 aromatic heterocycles. The highest BCUT2D eigenvalue weighted by molar-refractivity contribution is 5.22. The quantitative estimate of drug-likeness (QED) is 0.718. The van der Waals surface area contributed by atoms with Gasteiger partial charge in [-0.05, 0) is 6.42 Å². The largest absolute Gasteiger partial charge is 0.288 e. The van der Waals surface area contributed by atoms with Crippen molar-refractivity contribution >= 4 is 0 Å². The van der Waals surface area contributed by atoms with Crippen LogP contribution in [0, 0.1) is 5.95 Å². The number of hydrogen-bond acceptors (Lipinski definition) is 3. The zero-order valence-electron chi connectivity index (χ0n) is 8.39. The van der Waals surface area contributed by atoms with Crippen molar-refractivity contribution in [2.45, 2.75) is 19.8 Å². The second-order valence-electron chi connectivity index (χ2n) is 3.16. The maximum atomic E-state index is 12.9. The Bertz CT molecular complexity index is 452. The molecule has 0 aromatic carbocycles. The molecule has 0 N–H and O–H groups in total. The molecule has 2 aromatic rings. The van der Waals surface area contributed by atoms with E-state index in [9.17, 15) is 4.39 Å². The van der Waals surface area contributed by atoms with Gasteiger partial charge in [0, 0.05) is 24.9 Å². The molecule has 0 saturated carbocycles. The summed E-state index contributed by atoms with van der Waals surface area (Å²) >= 11 is 0. The summed E-state index contributed by atoms with van der Waals surface area (Å²) in [7, 11) is 0. The van der Waals surface area contributed by atoms with E-state index in [2.05, 4.69) is 21.9 Å². The van der Waals surface area contributed by atoms with Crippen molar-refractivity contribution in [2.24, 2.45) is 0 Å². The molecule has 2 rings (SSSR count). The molecule has 4 nitrogen and oxygen atoms in total. The number of imidazole rings is 1. The molecular weight excluding hydrogens is 195 g/mol. The van der Waals surface area contributed by atoms with Crippen molar-refractivity contribution in [1.82, 2.24) is 19.5 Å². The molecule has 0 bridgehead atoms. The molecule has 0 amide bonds. The Labute approximate surface area is 86.8 Å². The van der Waals surface area contributed by atoms with Crippen molar-refractivity contribution < 1.29 is 4.39 Å². The van der Waals surface area contributed by atoms with Gasteiger partial charge in [0.25, 0.3) is 0 Å². The van der Waals surface area contributed by atoms with E-state index >= 15 is 0 Å². The molecule has 0 fully saturated rings. The Morgan fingerprint density at radius 2 is 2.20 bits per heavy atom. The second-order valence-corrected chi connectivity index (χ2v) is 3.16. The van der Waals surface area contributed by atoms with Crippen LogP contribution in [0.4, 0.5) is 4.39 Å². The number of nitrogens with zero attached hydrogens (tertiary/aromatic N) is 4. The van der Waals surface area contributed by atoms with E-state index in [4.69, 9.17) is 0 Å². The molecule has 2 heterocycles. The monoisotopic (exact) mass is 206 g/mol. The Morgan fingerprint density at radius 1 is 1.33 bits per heavy atom. The first-order valence-corrected chi connectivity index (χ1v) is 4.81. The van der Waals surface area contributed by atoms with E-state index in [-0.39, 0.29) is 0 Å². The smallest absolute Gasteiger partial charge is 0.218 e. The Kier molecular flexibility index (Phi) is 2.71. The lowest BCUT2D eigenvalue weighted by molar-refractivity contribution is 0.576. The fourth-order valence-electron chi connectivity index (χ4n) is 1.41. The van der Waals surface area contributed by atoms with E-state index in [1.807, 2.05) is 0 Å². The summed E-state index contributed by atoms with van der Waals surface area (Å²) in [5.41, 5.74) is 0. The first kappa shape index (κ1) is 9.76. The number of halogens is 1. The summed E-state index contributed by atoms with van der Waals surface area (Å²) in [6.07, 6.45) is 6.50. The van der Waals surface area contributed by atoms with Crippen molar-refractivity contribution in [3.8, 4) is 5.82 Å². The van der Waals surface area contributed by atoms with Crippen LogP contribution >= 0.6 is 0 Å². The summed E-state index contributed by atoms with van der Waals surface area (Å²) in [4.78, 5) is 11.6. The lowest BCUT2D eigenvalue weighted by Crippen LogP contribution is -2.03. The number of rotatable bonds is 3. The Balaban J connectivity index is 2.40. The van der Waals surface area contributed by atoms with Gasteiger partial charge in [0.15, 0.2) is 0 Å². The highest BCUT2D eigenvalue weighted by Gasteiger charge is 2.05. The molecular formula is C10H11FN4. The minimum Gasteiger partial charge on any atom is -0.288 e. The van der Waals surface area contributed by atoms with Gasteiger partial charge in [-0.1, -0.05) is 6.92 Å². The lowest BCUT2D eigenvalue weighted by atomic mass is 10.3. The molecule has 0 atom stereocenters. The van der Waals surface area contributed by atoms with Gasteiger partial charge in [-0.2, -0.15) is 4.39 Å². The number of hydrogen-bond donors (Lipinski definition) is 0. The maximum Gasteiger partial charge on any atom is 0.218 e. The first-order valence-electron chi connectivity index (χ1n) is 4.81. The average Bonchev–Trinajstić information content (AvgIpc) is 2.66. The zero-order chi connectivity index (χ0) is 10.7. The molecule has 0 radical (unpaired) electrons. The van der Waals surface area contributed by atoms with Crippen LogP contribution in [0.1, 0.15) is 19.2 Å². The third-order valence-corrected chi connectivity index (χ3v) is 2.06. The molecule has 0 aliphatic heterocycles. The molecule has 5 heteroatoms. The molecule has 0 aliphatic rings. The van der Waals surface area contributed by atoms with Crippen molar-refractivity contribution in [3.63, 3.8) is 0 Å². The van der Waals surface area contributed by atoms with Crippen molar-refractivity contribution in [1.29, 1.82) is 0 Å². The fraction of sp³-hybridized carbons (Fsp3) is 0.300. The van der Waals surface area contributed by atoms with Crippen LogP contribution in [0.25, 0.3) is 5.82 Å². The van der Waals surface area contributed by atoms with Crippen LogP contribution < -0.4 is 0 Å². The topological polar surface area (TPSA) is 43.6 Å². The summed E-state index contributed by atoms with van der Waals surface area (Å²) in [6.45, 7) is 2.07. The third-order valence-electron chi connectivity index (χ3n) is 2.06. The highest BCUT2D eigenvalue weighted by Crippen LogP contribution is 2.09. The van der Waals surface area contributed by atoms with Crippen LogP contribution in [0.2, 0.25) is 0 Å². The number of aryl methyl sites for hydroxylation is 1. The molecule has 15 heavy (non-hydrogen) atoms. The minimum absolute atomic E-state index is 0.517. The third kappa shape index (κ3) is 2.01. The molecule has 0 saturated heterocycles. The number of aromatic nitrogens is 4. The SMILES string of the molecule is CCCc1nccn1-c1cc(F)ncn1. The molecule has 78 valence electrons. The van der Waals surface area contributed by atoms with Gasteiger partial charge in [-0.15, -0.1) is 0 Å². The molecule has 0 aliphatic carbocycles. The van der Waals surface area contributed by atoms with Gasteiger partial charge in [0.1, 0.15) is 18.0 Å². The predicted octanol–water partition coefficient (Wildman–Crippen LogP) is 1.75. The van der Waals surface area contributed by atoms with Crippen LogP contribution in [-0.2, 0) is 6.42 Å². The van der Waals surface area contributed by atoms with E-state index < -0.39 is 5.95 Å². The summed E-state index contributed by atoms with van der Waals surface area (Å²) in [5, 5.41) is 0. The highest BCUT2D eigenvalue weighted by atomic mass is 19.1. The van der Waals surface area contributed by atoms with Gasteiger partial charge < -0.3 is 0 Å². The molecule has 0 spiro atoms. The van der Waals surface area contributed by atoms with Gasteiger partial charge in [0.05, 0.1) is 0 Å². The zero-order valence-corrected chi connectivity index (χ0v) is 8.39. The minimum atomic E-state index is -0.531. The van der Waals surface area contributed by atoms with Crippen molar-refractivity contribution in [3.05, 3.63) is 36.6 Å². The van der Waals surface area contributed by atoms with E-state index in [1.165, 1.54) is 12.4 Å². The van der Waals surface area contributed by atoms with Crippen LogP contribution in [-0.4, -0.2) is 19.5 Å². The second kappa shape index (κ2) is 4.16. The van der Waals surface area contributed by atoms with Gasteiger partial charge in [-0.3, -0.25) is 4.57 Å². The van der Waals surface area contributed by atoms with E-state index in [0.717, 1.165) is 18.7 Å². The predicted molar refractivity (Wildman–Crippen MR) is 53.1 cm³/mol. The Morgan fingerprint density at radius 3 is 2.93 bits per heavy atom.